The third-order valence-corrected chi connectivity index (χ3v) is 6.41. The fourth-order valence-corrected chi connectivity index (χ4v) is 4.34. The van der Waals surface area contributed by atoms with E-state index in [0.717, 1.165) is 23.3 Å². The number of imidazole rings is 1. The van der Waals surface area contributed by atoms with Crippen molar-refractivity contribution in [3.63, 3.8) is 0 Å². The van der Waals surface area contributed by atoms with Crippen molar-refractivity contribution in [2.24, 2.45) is 0 Å². The van der Waals surface area contributed by atoms with Crippen molar-refractivity contribution in [1.29, 1.82) is 0 Å². The van der Waals surface area contributed by atoms with Crippen LogP contribution in [0.1, 0.15) is 46.2 Å². The summed E-state index contributed by atoms with van der Waals surface area (Å²) in [6.07, 6.45) is 2.18. The number of carbonyl (C=O) groups is 1. The van der Waals surface area contributed by atoms with E-state index in [1.807, 2.05) is 31.2 Å². The minimum absolute atomic E-state index is 0.00713. The predicted molar refractivity (Wildman–Crippen MR) is 131 cm³/mol. The summed E-state index contributed by atoms with van der Waals surface area (Å²) in [5, 5.41) is 19.5. The van der Waals surface area contributed by atoms with Gasteiger partial charge in [-0.3, -0.25) is 9.20 Å². The molecule has 2 N–H and O–H groups in total. The summed E-state index contributed by atoms with van der Waals surface area (Å²) in [5.74, 6) is -1.35. The van der Waals surface area contributed by atoms with Crippen LogP contribution in [0.3, 0.4) is 0 Å². The first-order valence-corrected chi connectivity index (χ1v) is 11.6. The Morgan fingerprint density at radius 2 is 1.81 bits per heavy atom. The third-order valence-electron chi connectivity index (χ3n) is 6.41. The van der Waals surface area contributed by atoms with Gasteiger partial charge in [-0.25, -0.2) is 13.8 Å². The second kappa shape index (κ2) is 10.6. The van der Waals surface area contributed by atoms with E-state index in [-0.39, 0.29) is 43.3 Å². The molecule has 1 unspecified atom stereocenters. The number of aliphatic hydroxyl groups is 2. The molecule has 0 radical (unpaired) electrons. The zero-order valence-electron chi connectivity index (χ0n) is 20.2. The van der Waals surface area contributed by atoms with E-state index >= 15 is 0 Å². The van der Waals surface area contributed by atoms with Crippen molar-refractivity contribution in [2.45, 2.75) is 38.7 Å². The number of aromatic nitrogens is 2. The highest BCUT2D eigenvalue weighted by Crippen LogP contribution is 2.31. The molecule has 0 spiro atoms. The summed E-state index contributed by atoms with van der Waals surface area (Å²) in [5.41, 5.74) is 1.84. The predicted octanol–water partition coefficient (Wildman–Crippen LogP) is 4.56. The lowest BCUT2D eigenvalue weighted by Crippen LogP contribution is -2.30. The fourth-order valence-electron chi connectivity index (χ4n) is 4.34. The highest BCUT2D eigenvalue weighted by atomic mass is 19.1. The Balaban J connectivity index is 1.63. The minimum atomic E-state index is -0.852. The van der Waals surface area contributed by atoms with Crippen LogP contribution < -0.4 is 4.74 Å². The van der Waals surface area contributed by atoms with Gasteiger partial charge in [-0.2, -0.15) is 0 Å². The number of nitrogens with zero attached hydrogens (tertiary/aromatic N) is 2. The number of benzene rings is 2. The van der Waals surface area contributed by atoms with Gasteiger partial charge in [-0.15, -0.1) is 0 Å². The van der Waals surface area contributed by atoms with E-state index < -0.39 is 17.0 Å². The molecular formula is C28H28F2N2O4. The number of ketones is 1. The molecule has 0 fully saturated rings. The van der Waals surface area contributed by atoms with Crippen LogP contribution >= 0.6 is 0 Å². The third kappa shape index (κ3) is 5.01. The zero-order chi connectivity index (χ0) is 25.9. The maximum absolute atomic E-state index is 14.0. The molecule has 6 nitrogen and oxygen atoms in total. The number of carbonyl (C=O) groups excluding carboxylic acids is 1. The highest BCUT2D eigenvalue weighted by Gasteiger charge is 2.32. The van der Waals surface area contributed by atoms with E-state index in [1.165, 1.54) is 6.07 Å². The summed E-state index contributed by atoms with van der Waals surface area (Å²) in [6.45, 7) is 2.95. The molecule has 4 rings (SSSR count). The number of halogens is 2. The molecule has 8 heteroatoms. The first-order valence-electron chi connectivity index (χ1n) is 11.6. The van der Waals surface area contributed by atoms with Crippen molar-refractivity contribution in [1.82, 2.24) is 9.38 Å². The van der Waals surface area contributed by atoms with Crippen LogP contribution in [0.15, 0.2) is 60.8 Å². The molecule has 2 aromatic carbocycles. The van der Waals surface area contributed by atoms with Crippen molar-refractivity contribution in [3.8, 4) is 5.75 Å². The number of hydrogen-bond donors (Lipinski definition) is 2. The van der Waals surface area contributed by atoms with Gasteiger partial charge in [0.2, 0.25) is 0 Å². The van der Waals surface area contributed by atoms with Crippen LogP contribution in [-0.4, -0.2) is 38.6 Å². The maximum Gasteiger partial charge on any atom is 0.182 e. The number of aliphatic hydroxyl groups excluding tert-OH is 2. The molecular weight excluding hydrogens is 466 g/mol. The van der Waals surface area contributed by atoms with Crippen LogP contribution in [0.2, 0.25) is 0 Å². The van der Waals surface area contributed by atoms with Crippen LogP contribution in [0.4, 0.5) is 8.78 Å². The normalized spacial score (nSPS) is 13.1. The van der Waals surface area contributed by atoms with Crippen LogP contribution in [0.5, 0.6) is 5.75 Å². The quantitative estimate of drug-likeness (QED) is 0.316. The average Bonchev–Trinajstić information content (AvgIpc) is 3.20. The Kier molecular flexibility index (Phi) is 7.47. The lowest BCUT2D eigenvalue weighted by molar-refractivity contribution is 0.0912. The Hall–Kier alpha value is -3.62. The van der Waals surface area contributed by atoms with Gasteiger partial charge in [0.05, 0.1) is 17.9 Å². The van der Waals surface area contributed by atoms with Crippen molar-refractivity contribution in [3.05, 3.63) is 101 Å². The van der Waals surface area contributed by atoms with Gasteiger partial charge in [0.1, 0.15) is 23.9 Å². The van der Waals surface area contributed by atoms with E-state index in [4.69, 9.17) is 4.74 Å². The van der Waals surface area contributed by atoms with Gasteiger partial charge in [-0.05, 0) is 48.7 Å². The number of pyridine rings is 1. The van der Waals surface area contributed by atoms with E-state index in [1.54, 1.807) is 29.7 Å². The number of Topliss-reactive ketones (excluding diaryl/α,β-unsaturated/α-hetero) is 1. The molecule has 0 saturated heterocycles. The van der Waals surface area contributed by atoms with Gasteiger partial charge in [0.15, 0.2) is 17.2 Å². The van der Waals surface area contributed by atoms with Gasteiger partial charge in [0.25, 0.3) is 0 Å². The highest BCUT2D eigenvalue weighted by molar-refractivity contribution is 5.97. The molecule has 2 aromatic heterocycles. The van der Waals surface area contributed by atoms with Crippen molar-refractivity contribution in [2.75, 3.05) is 13.2 Å². The fraction of sp³-hybridized carbons (Fsp3) is 0.286. The second-order valence-electron chi connectivity index (χ2n) is 9.09. The lowest BCUT2D eigenvalue weighted by Gasteiger charge is -2.28. The molecule has 36 heavy (non-hydrogen) atoms. The van der Waals surface area contributed by atoms with Crippen molar-refractivity contribution >= 4 is 11.4 Å². The number of rotatable bonds is 10. The Bertz CT molecular complexity index is 1380. The molecule has 0 saturated carbocycles. The number of aryl methyl sites for hydroxylation is 1. The summed E-state index contributed by atoms with van der Waals surface area (Å²) < 4.78 is 35.4. The average molecular weight is 495 g/mol. The van der Waals surface area contributed by atoms with E-state index in [2.05, 4.69) is 4.98 Å². The first-order chi connectivity index (χ1) is 17.3. The summed E-state index contributed by atoms with van der Waals surface area (Å²) in [4.78, 5) is 18.0. The van der Waals surface area contributed by atoms with E-state index in [9.17, 15) is 23.8 Å². The number of fused-ring (bicyclic) bond motifs is 1. The largest absolute Gasteiger partial charge is 0.485 e. The molecule has 0 aliphatic heterocycles. The Morgan fingerprint density at radius 3 is 2.50 bits per heavy atom. The molecule has 0 bridgehead atoms. The molecule has 0 amide bonds. The van der Waals surface area contributed by atoms with Gasteiger partial charge in [0, 0.05) is 24.6 Å². The summed E-state index contributed by atoms with van der Waals surface area (Å²) in [6, 6.07) is 14.4. The molecule has 0 aliphatic carbocycles. The topological polar surface area (TPSA) is 84.1 Å². The smallest absolute Gasteiger partial charge is 0.182 e. The van der Waals surface area contributed by atoms with Crippen LogP contribution in [-0.2, 0) is 18.4 Å². The number of ether oxygens (including phenoxy) is 1. The number of hydrogen-bond acceptors (Lipinski definition) is 5. The Labute approximate surface area is 207 Å². The van der Waals surface area contributed by atoms with Gasteiger partial charge < -0.3 is 14.9 Å². The van der Waals surface area contributed by atoms with Crippen LogP contribution in [0.25, 0.3) is 5.65 Å². The van der Waals surface area contributed by atoms with Gasteiger partial charge in [-0.1, -0.05) is 37.3 Å². The lowest BCUT2D eigenvalue weighted by atomic mass is 9.77. The molecule has 4 aromatic rings. The standard InChI is InChI=1S/C28H28F2N2O4/c1-18-26(24(35)15-28(2,17-34)20-7-3-6-19(14-20)11-13-33)32-12-5-10-25(27(32)31-18)36-16-21-22(29)8-4-9-23(21)30/h3-10,12,14,33-34H,11,13,15-17H2,1-2H3. The van der Waals surface area contributed by atoms with Crippen molar-refractivity contribution < 1.29 is 28.5 Å². The molecule has 2 heterocycles. The SMILES string of the molecule is Cc1nc2c(OCc3c(F)cccc3F)cccn2c1C(=O)CC(C)(CO)c1cccc(CCO)c1. The zero-order valence-corrected chi connectivity index (χ0v) is 20.2. The molecule has 188 valence electrons. The molecule has 0 aliphatic rings. The maximum atomic E-state index is 14.0. The first kappa shape index (κ1) is 25.5. The Morgan fingerprint density at radius 1 is 1.08 bits per heavy atom. The minimum Gasteiger partial charge on any atom is -0.485 e. The summed E-state index contributed by atoms with van der Waals surface area (Å²) >= 11 is 0. The van der Waals surface area contributed by atoms with Gasteiger partial charge >= 0.3 is 0 Å². The second-order valence-corrected chi connectivity index (χ2v) is 9.09. The summed E-state index contributed by atoms with van der Waals surface area (Å²) in [7, 11) is 0. The van der Waals surface area contributed by atoms with Crippen LogP contribution in [0, 0.1) is 18.6 Å². The van der Waals surface area contributed by atoms with E-state index in [0.29, 0.717) is 23.5 Å². The molecule has 1 atom stereocenters. The monoisotopic (exact) mass is 494 g/mol.